The third-order valence-electron chi connectivity index (χ3n) is 3.47. The zero-order valence-corrected chi connectivity index (χ0v) is 12.2. The molecule has 2 rings (SSSR count). The number of hydrogen-bond donors (Lipinski definition) is 2. The lowest BCUT2D eigenvalue weighted by molar-refractivity contribution is -0.121. The Labute approximate surface area is 125 Å². The van der Waals surface area contributed by atoms with Crippen molar-refractivity contribution in [2.24, 2.45) is 5.73 Å². The minimum Gasteiger partial charge on any atom is -0.350 e. The Morgan fingerprint density at radius 1 is 1.19 bits per heavy atom. The predicted octanol–water partition coefficient (Wildman–Crippen LogP) is 2.74. The largest absolute Gasteiger partial charge is 0.350 e. The van der Waals surface area contributed by atoms with Crippen LogP contribution in [0.4, 0.5) is 0 Å². The lowest BCUT2D eigenvalue weighted by atomic mass is 10.0. The van der Waals surface area contributed by atoms with Gasteiger partial charge in [0.05, 0.1) is 6.04 Å². The molecule has 4 nitrogen and oxygen atoms in total. The molecule has 1 aromatic carbocycles. The lowest BCUT2D eigenvalue weighted by Gasteiger charge is -2.15. The summed E-state index contributed by atoms with van der Waals surface area (Å²) >= 11 is 0. The third kappa shape index (κ3) is 4.68. The maximum absolute atomic E-state index is 12.0. The predicted molar refractivity (Wildman–Crippen MR) is 83.4 cm³/mol. The molecular formula is C17H21N3O. The smallest absolute Gasteiger partial charge is 0.220 e. The molecule has 0 aliphatic carbocycles. The van der Waals surface area contributed by atoms with E-state index in [2.05, 4.69) is 10.3 Å². The number of amides is 1. The number of pyridine rings is 1. The zero-order valence-electron chi connectivity index (χ0n) is 12.2. The molecule has 0 spiro atoms. The van der Waals surface area contributed by atoms with Crippen LogP contribution < -0.4 is 11.1 Å². The average molecular weight is 283 g/mol. The van der Waals surface area contributed by atoms with Gasteiger partial charge >= 0.3 is 0 Å². The minimum absolute atomic E-state index is 0.0118. The summed E-state index contributed by atoms with van der Waals surface area (Å²) in [6.07, 6.45) is 4.54. The third-order valence-corrected chi connectivity index (χ3v) is 3.47. The standard InChI is InChI=1S/C17H21N3O/c1-13(15-8-5-11-19-12-15)20-17(21)10-9-16(18)14-6-3-2-4-7-14/h2-8,11-13,16H,9-10,18H2,1H3,(H,20,21). The summed E-state index contributed by atoms with van der Waals surface area (Å²) < 4.78 is 0. The molecular weight excluding hydrogens is 262 g/mol. The van der Waals surface area contributed by atoms with Gasteiger partial charge in [-0.3, -0.25) is 9.78 Å². The van der Waals surface area contributed by atoms with E-state index in [0.29, 0.717) is 12.8 Å². The number of aromatic nitrogens is 1. The number of nitrogens with two attached hydrogens (primary N) is 1. The highest BCUT2D eigenvalue weighted by molar-refractivity contribution is 5.76. The van der Waals surface area contributed by atoms with Crippen molar-refractivity contribution < 1.29 is 4.79 Å². The minimum atomic E-state index is -0.106. The summed E-state index contributed by atoms with van der Waals surface area (Å²) in [6, 6.07) is 13.5. The van der Waals surface area contributed by atoms with Gasteiger partial charge in [-0.2, -0.15) is 0 Å². The van der Waals surface area contributed by atoms with Gasteiger partial charge < -0.3 is 11.1 Å². The molecule has 0 saturated carbocycles. The van der Waals surface area contributed by atoms with E-state index in [1.165, 1.54) is 0 Å². The molecule has 1 amide bonds. The first-order chi connectivity index (χ1) is 10.2. The van der Waals surface area contributed by atoms with Gasteiger partial charge in [0.25, 0.3) is 0 Å². The van der Waals surface area contributed by atoms with Crippen molar-refractivity contribution in [1.82, 2.24) is 10.3 Å². The molecule has 110 valence electrons. The van der Waals surface area contributed by atoms with Gasteiger partial charge in [0.1, 0.15) is 0 Å². The molecule has 1 aromatic heterocycles. The molecule has 0 bridgehead atoms. The van der Waals surface area contributed by atoms with Crippen LogP contribution in [-0.2, 0) is 4.79 Å². The molecule has 2 unspecified atom stereocenters. The van der Waals surface area contributed by atoms with E-state index in [9.17, 15) is 4.79 Å². The average Bonchev–Trinajstić information content (AvgIpc) is 2.54. The molecule has 0 aliphatic heterocycles. The van der Waals surface area contributed by atoms with Crippen molar-refractivity contribution in [3.63, 3.8) is 0 Å². The van der Waals surface area contributed by atoms with Crippen molar-refractivity contribution in [1.29, 1.82) is 0 Å². The van der Waals surface area contributed by atoms with E-state index in [4.69, 9.17) is 5.73 Å². The maximum atomic E-state index is 12.0. The van der Waals surface area contributed by atoms with Crippen LogP contribution in [0.3, 0.4) is 0 Å². The van der Waals surface area contributed by atoms with Crippen LogP contribution in [0, 0.1) is 0 Å². The van der Waals surface area contributed by atoms with Gasteiger partial charge in [-0.1, -0.05) is 36.4 Å². The van der Waals surface area contributed by atoms with Gasteiger partial charge in [0, 0.05) is 24.9 Å². The Hall–Kier alpha value is -2.20. The fourth-order valence-electron chi connectivity index (χ4n) is 2.18. The summed E-state index contributed by atoms with van der Waals surface area (Å²) in [5, 5.41) is 2.97. The normalized spacial score (nSPS) is 13.4. The van der Waals surface area contributed by atoms with Crippen LogP contribution in [-0.4, -0.2) is 10.9 Å². The molecule has 0 aliphatic rings. The van der Waals surface area contributed by atoms with Crippen LogP contribution in [0.5, 0.6) is 0 Å². The highest BCUT2D eigenvalue weighted by Gasteiger charge is 2.12. The topological polar surface area (TPSA) is 68.0 Å². The fraction of sp³-hybridized carbons (Fsp3) is 0.294. The lowest BCUT2D eigenvalue weighted by Crippen LogP contribution is -2.27. The quantitative estimate of drug-likeness (QED) is 0.856. The van der Waals surface area contributed by atoms with Crippen LogP contribution in [0.15, 0.2) is 54.9 Å². The van der Waals surface area contributed by atoms with Crippen molar-refractivity contribution >= 4 is 5.91 Å². The molecule has 2 aromatic rings. The SMILES string of the molecule is CC(NC(=O)CCC(N)c1ccccc1)c1cccnc1. The Morgan fingerprint density at radius 3 is 2.57 bits per heavy atom. The number of carbonyl (C=O) groups excluding carboxylic acids is 1. The second kappa shape index (κ2) is 7.55. The van der Waals surface area contributed by atoms with E-state index in [1.807, 2.05) is 49.4 Å². The Morgan fingerprint density at radius 2 is 1.90 bits per heavy atom. The Kier molecular flexibility index (Phi) is 5.46. The molecule has 1 heterocycles. The summed E-state index contributed by atoms with van der Waals surface area (Å²) in [5.41, 5.74) is 8.15. The monoisotopic (exact) mass is 283 g/mol. The zero-order chi connectivity index (χ0) is 15.1. The van der Waals surface area contributed by atoms with Crippen LogP contribution >= 0.6 is 0 Å². The van der Waals surface area contributed by atoms with Crippen molar-refractivity contribution in [3.8, 4) is 0 Å². The second-order valence-electron chi connectivity index (χ2n) is 5.13. The van der Waals surface area contributed by atoms with Gasteiger partial charge in [0.15, 0.2) is 0 Å². The van der Waals surface area contributed by atoms with Crippen molar-refractivity contribution in [2.45, 2.75) is 31.8 Å². The first-order valence-electron chi connectivity index (χ1n) is 7.16. The first kappa shape index (κ1) is 15.2. The number of benzene rings is 1. The van der Waals surface area contributed by atoms with Crippen LogP contribution in [0.25, 0.3) is 0 Å². The van der Waals surface area contributed by atoms with E-state index in [-0.39, 0.29) is 18.0 Å². The molecule has 0 radical (unpaired) electrons. The Balaban J connectivity index is 1.80. The number of hydrogen-bond acceptors (Lipinski definition) is 3. The number of nitrogens with one attached hydrogen (secondary N) is 1. The number of nitrogens with zero attached hydrogens (tertiary/aromatic N) is 1. The van der Waals surface area contributed by atoms with E-state index in [0.717, 1.165) is 11.1 Å². The van der Waals surface area contributed by atoms with E-state index < -0.39 is 0 Å². The molecule has 4 heteroatoms. The number of carbonyl (C=O) groups is 1. The summed E-state index contributed by atoms with van der Waals surface area (Å²) in [7, 11) is 0. The highest BCUT2D eigenvalue weighted by atomic mass is 16.1. The summed E-state index contributed by atoms with van der Waals surface area (Å²) in [5.74, 6) is 0.0118. The first-order valence-corrected chi connectivity index (χ1v) is 7.16. The second-order valence-corrected chi connectivity index (χ2v) is 5.13. The van der Waals surface area contributed by atoms with Crippen LogP contribution in [0.2, 0.25) is 0 Å². The molecule has 0 saturated heterocycles. The fourth-order valence-corrected chi connectivity index (χ4v) is 2.18. The number of rotatable bonds is 6. The Bertz CT molecular complexity index is 557. The van der Waals surface area contributed by atoms with E-state index >= 15 is 0 Å². The molecule has 0 fully saturated rings. The highest BCUT2D eigenvalue weighted by Crippen LogP contribution is 2.16. The van der Waals surface area contributed by atoms with Crippen molar-refractivity contribution in [3.05, 3.63) is 66.0 Å². The van der Waals surface area contributed by atoms with Gasteiger partial charge in [-0.05, 0) is 30.5 Å². The van der Waals surface area contributed by atoms with Gasteiger partial charge in [-0.25, -0.2) is 0 Å². The molecule has 21 heavy (non-hydrogen) atoms. The molecule has 2 atom stereocenters. The maximum Gasteiger partial charge on any atom is 0.220 e. The van der Waals surface area contributed by atoms with Crippen molar-refractivity contribution in [2.75, 3.05) is 0 Å². The summed E-state index contributed by atoms with van der Waals surface area (Å²) in [6.45, 7) is 1.95. The van der Waals surface area contributed by atoms with E-state index in [1.54, 1.807) is 12.4 Å². The van der Waals surface area contributed by atoms with Crippen LogP contribution in [0.1, 0.15) is 43.0 Å². The van der Waals surface area contributed by atoms with Gasteiger partial charge in [0.2, 0.25) is 5.91 Å². The summed E-state index contributed by atoms with van der Waals surface area (Å²) in [4.78, 5) is 16.0. The van der Waals surface area contributed by atoms with Gasteiger partial charge in [-0.15, -0.1) is 0 Å². The molecule has 3 N–H and O–H groups in total.